The second-order valence-corrected chi connectivity index (χ2v) is 6.96. The van der Waals surface area contributed by atoms with Gasteiger partial charge in [-0.3, -0.25) is 4.98 Å². The number of hydrogen-bond donors (Lipinski definition) is 1. The summed E-state index contributed by atoms with van der Waals surface area (Å²) in [5.41, 5.74) is 1.01. The van der Waals surface area contributed by atoms with Gasteiger partial charge in [0.25, 0.3) is 0 Å². The number of aromatic nitrogens is 2. The van der Waals surface area contributed by atoms with Gasteiger partial charge in [0.2, 0.25) is 5.88 Å². The van der Waals surface area contributed by atoms with E-state index in [9.17, 15) is 4.79 Å². The first-order chi connectivity index (χ1) is 12.6. The molecular weight excluding hydrogens is 352 g/mol. The van der Waals surface area contributed by atoms with Crippen molar-refractivity contribution in [3.8, 4) is 5.88 Å². The smallest absolute Gasteiger partial charge is 0.317 e. The lowest BCUT2D eigenvalue weighted by molar-refractivity contribution is 0.132. The highest BCUT2D eigenvalue weighted by molar-refractivity contribution is 6.31. The van der Waals surface area contributed by atoms with E-state index in [1.165, 1.54) is 0 Å². The van der Waals surface area contributed by atoms with Crippen LogP contribution in [0.4, 0.5) is 4.79 Å². The molecule has 0 atom stereocenters. The van der Waals surface area contributed by atoms with Crippen LogP contribution < -0.4 is 10.1 Å². The normalized spacial score (nSPS) is 19.6. The lowest BCUT2D eigenvalue weighted by Crippen LogP contribution is -2.45. The van der Waals surface area contributed by atoms with Crippen molar-refractivity contribution in [2.75, 3.05) is 7.05 Å². The third kappa shape index (κ3) is 5.08. The van der Waals surface area contributed by atoms with Crippen molar-refractivity contribution >= 4 is 17.6 Å². The molecule has 0 unspecified atom stereocenters. The van der Waals surface area contributed by atoms with Crippen LogP contribution in [0.5, 0.6) is 5.88 Å². The Bertz CT molecular complexity index is 720. The van der Waals surface area contributed by atoms with Gasteiger partial charge in [0.05, 0.1) is 0 Å². The van der Waals surface area contributed by atoms with Gasteiger partial charge in [-0.2, -0.15) is 0 Å². The maximum Gasteiger partial charge on any atom is 0.317 e. The summed E-state index contributed by atoms with van der Waals surface area (Å²) in [6.07, 6.45) is 8.74. The van der Waals surface area contributed by atoms with Crippen LogP contribution in [0.2, 0.25) is 5.02 Å². The molecule has 2 heterocycles. The average Bonchev–Trinajstić information content (AvgIpc) is 2.66. The lowest BCUT2D eigenvalue weighted by Gasteiger charge is -2.30. The molecule has 1 saturated carbocycles. The van der Waals surface area contributed by atoms with Crippen molar-refractivity contribution in [3.05, 3.63) is 53.4 Å². The molecule has 26 heavy (non-hydrogen) atoms. The van der Waals surface area contributed by atoms with E-state index in [1.54, 1.807) is 42.7 Å². The van der Waals surface area contributed by atoms with Crippen LogP contribution in [0, 0.1) is 0 Å². The van der Waals surface area contributed by atoms with Gasteiger partial charge in [-0.15, -0.1) is 0 Å². The summed E-state index contributed by atoms with van der Waals surface area (Å²) in [6, 6.07) is 7.49. The molecule has 0 spiro atoms. The van der Waals surface area contributed by atoms with E-state index in [1.807, 2.05) is 12.1 Å². The number of rotatable bonds is 5. The number of ether oxygens (including phenoxy) is 1. The van der Waals surface area contributed by atoms with Crippen LogP contribution in [0.25, 0.3) is 0 Å². The van der Waals surface area contributed by atoms with Crippen LogP contribution in [0.15, 0.2) is 42.9 Å². The van der Waals surface area contributed by atoms with E-state index in [-0.39, 0.29) is 18.2 Å². The maximum absolute atomic E-state index is 12.4. The van der Waals surface area contributed by atoms with Crippen LogP contribution in [-0.2, 0) is 6.54 Å². The van der Waals surface area contributed by atoms with Crippen molar-refractivity contribution in [2.45, 2.75) is 44.4 Å². The van der Waals surface area contributed by atoms with Gasteiger partial charge in [-0.05, 0) is 49.4 Å². The minimum atomic E-state index is -0.0639. The molecule has 2 aromatic rings. The first-order valence-corrected chi connectivity index (χ1v) is 9.17. The fraction of sp³-hybridized carbons (Fsp3) is 0.421. The fourth-order valence-electron chi connectivity index (χ4n) is 3.06. The molecule has 2 amide bonds. The molecule has 1 aliphatic rings. The van der Waals surface area contributed by atoms with Gasteiger partial charge in [-0.1, -0.05) is 17.7 Å². The monoisotopic (exact) mass is 374 g/mol. The van der Waals surface area contributed by atoms with Crippen molar-refractivity contribution in [1.29, 1.82) is 0 Å². The Morgan fingerprint density at radius 1 is 1.27 bits per heavy atom. The Labute approximate surface area is 158 Å². The van der Waals surface area contributed by atoms with Gasteiger partial charge < -0.3 is 15.0 Å². The number of halogens is 1. The molecule has 1 N–H and O–H groups in total. The fourth-order valence-corrected chi connectivity index (χ4v) is 3.23. The second-order valence-electron chi connectivity index (χ2n) is 6.55. The van der Waals surface area contributed by atoms with E-state index < -0.39 is 0 Å². The summed E-state index contributed by atoms with van der Waals surface area (Å²) in [5.74, 6) is 0.484. The molecule has 2 aromatic heterocycles. The second kappa shape index (κ2) is 8.85. The molecule has 0 aromatic carbocycles. The summed E-state index contributed by atoms with van der Waals surface area (Å²) < 4.78 is 5.89. The van der Waals surface area contributed by atoms with Crippen LogP contribution in [0.3, 0.4) is 0 Å². The molecule has 0 saturated heterocycles. The van der Waals surface area contributed by atoms with Crippen LogP contribution >= 0.6 is 11.6 Å². The van der Waals surface area contributed by atoms with E-state index >= 15 is 0 Å². The van der Waals surface area contributed by atoms with E-state index in [0.717, 1.165) is 31.2 Å². The van der Waals surface area contributed by atoms with Crippen molar-refractivity contribution in [2.24, 2.45) is 0 Å². The van der Waals surface area contributed by atoms with Gasteiger partial charge in [-0.25, -0.2) is 9.78 Å². The standard InChI is InChI=1S/C19H23ClN4O2/c1-24(13-14-4-2-10-21-12-14)19(25)23-15-6-8-16(9-7-15)26-18-17(20)5-3-11-22-18/h2-5,10-12,15-16H,6-9,13H2,1H3,(H,23,25). The van der Waals surface area contributed by atoms with Gasteiger partial charge >= 0.3 is 6.03 Å². The highest BCUT2D eigenvalue weighted by Crippen LogP contribution is 2.27. The molecule has 0 bridgehead atoms. The summed E-state index contributed by atoms with van der Waals surface area (Å²) in [5, 5.41) is 3.63. The highest BCUT2D eigenvalue weighted by atomic mass is 35.5. The van der Waals surface area contributed by atoms with Gasteiger partial charge in [0, 0.05) is 38.2 Å². The molecule has 3 rings (SSSR count). The first kappa shape index (κ1) is 18.5. The number of pyridine rings is 2. The number of carbonyl (C=O) groups is 1. The Morgan fingerprint density at radius 3 is 2.73 bits per heavy atom. The summed E-state index contributed by atoms with van der Waals surface area (Å²) in [6.45, 7) is 0.538. The third-order valence-electron chi connectivity index (χ3n) is 4.49. The summed E-state index contributed by atoms with van der Waals surface area (Å²) in [4.78, 5) is 22.3. The molecule has 138 valence electrons. The number of hydrogen-bond acceptors (Lipinski definition) is 4. The third-order valence-corrected chi connectivity index (χ3v) is 4.78. The van der Waals surface area contributed by atoms with E-state index in [4.69, 9.17) is 16.3 Å². The minimum absolute atomic E-state index is 0.0639. The molecule has 1 fully saturated rings. The zero-order valence-electron chi connectivity index (χ0n) is 14.8. The van der Waals surface area contributed by atoms with Gasteiger partial charge in [0.1, 0.15) is 11.1 Å². The number of amides is 2. The number of carbonyl (C=O) groups excluding carboxylic acids is 1. The maximum atomic E-state index is 12.4. The summed E-state index contributed by atoms with van der Waals surface area (Å²) in [7, 11) is 1.79. The first-order valence-electron chi connectivity index (χ1n) is 8.79. The van der Waals surface area contributed by atoms with E-state index in [2.05, 4.69) is 15.3 Å². The highest BCUT2D eigenvalue weighted by Gasteiger charge is 2.25. The quantitative estimate of drug-likeness (QED) is 0.867. The average molecular weight is 375 g/mol. The minimum Gasteiger partial charge on any atom is -0.473 e. The molecule has 1 aliphatic carbocycles. The molecule has 0 radical (unpaired) electrons. The van der Waals surface area contributed by atoms with Crippen molar-refractivity contribution in [1.82, 2.24) is 20.2 Å². The van der Waals surface area contributed by atoms with Crippen LogP contribution in [-0.4, -0.2) is 40.1 Å². The topological polar surface area (TPSA) is 67.4 Å². The molecule has 0 aliphatic heterocycles. The Kier molecular flexibility index (Phi) is 6.28. The van der Waals surface area contributed by atoms with Crippen molar-refractivity contribution < 1.29 is 9.53 Å². The Morgan fingerprint density at radius 2 is 2.04 bits per heavy atom. The van der Waals surface area contributed by atoms with Crippen LogP contribution in [0.1, 0.15) is 31.2 Å². The van der Waals surface area contributed by atoms with Crippen molar-refractivity contribution in [3.63, 3.8) is 0 Å². The Balaban J connectivity index is 1.43. The number of nitrogens with one attached hydrogen (secondary N) is 1. The SMILES string of the molecule is CN(Cc1cccnc1)C(=O)NC1CCC(Oc2ncccc2Cl)CC1. The predicted molar refractivity (Wildman–Crippen MR) is 100 cm³/mol. The zero-order chi connectivity index (χ0) is 18.4. The lowest BCUT2D eigenvalue weighted by atomic mass is 9.93. The molecule has 6 nitrogen and oxygen atoms in total. The molecular formula is C19H23ClN4O2. The van der Waals surface area contributed by atoms with E-state index in [0.29, 0.717) is 17.4 Å². The zero-order valence-corrected chi connectivity index (χ0v) is 15.5. The molecule has 7 heteroatoms. The Hall–Kier alpha value is -2.34. The largest absolute Gasteiger partial charge is 0.473 e. The van der Waals surface area contributed by atoms with Gasteiger partial charge in [0.15, 0.2) is 0 Å². The number of nitrogens with zero attached hydrogens (tertiary/aromatic N) is 3. The predicted octanol–water partition coefficient (Wildman–Crippen LogP) is 3.66. The number of urea groups is 1. The summed E-state index contributed by atoms with van der Waals surface area (Å²) >= 11 is 6.09.